The molecule has 0 aliphatic heterocycles. The summed E-state index contributed by atoms with van der Waals surface area (Å²) >= 11 is 0. The number of halogens is 4. The fourth-order valence-corrected chi connectivity index (χ4v) is 3.16. The van der Waals surface area contributed by atoms with E-state index in [2.05, 4.69) is 0 Å². The maximum atomic E-state index is 14.6. The van der Waals surface area contributed by atoms with Gasteiger partial charge in [0.15, 0.2) is 29.1 Å². The number of carbonyl (C=O) groups excluding carboxylic acids is 1. The Morgan fingerprint density at radius 2 is 1.62 bits per heavy atom. The summed E-state index contributed by atoms with van der Waals surface area (Å²) in [6.45, 7) is 1.89. The van der Waals surface area contributed by atoms with Gasteiger partial charge in [-0.25, -0.2) is 17.6 Å². The van der Waals surface area contributed by atoms with Crippen LogP contribution in [0.1, 0.15) is 47.7 Å². The number of aryl methyl sites for hydroxylation is 2. The van der Waals surface area contributed by atoms with E-state index in [1.807, 2.05) is 6.92 Å². The Balaban J connectivity index is 2.18. The molecule has 0 amide bonds. The van der Waals surface area contributed by atoms with Crippen molar-refractivity contribution in [3.63, 3.8) is 0 Å². The third kappa shape index (κ3) is 2.62. The molecule has 1 aliphatic carbocycles. The van der Waals surface area contributed by atoms with Crippen molar-refractivity contribution in [2.45, 2.75) is 39.0 Å². The van der Waals surface area contributed by atoms with E-state index in [1.54, 1.807) is 0 Å². The Labute approximate surface area is 137 Å². The van der Waals surface area contributed by atoms with Gasteiger partial charge in [0.1, 0.15) is 0 Å². The van der Waals surface area contributed by atoms with Crippen LogP contribution >= 0.6 is 0 Å². The van der Waals surface area contributed by atoms with Crippen molar-refractivity contribution in [2.24, 2.45) is 0 Å². The highest BCUT2D eigenvalue weighted by Gasteiger charge is 2.29. The summed E-state index contributed by atoms with van der Waals surface area (Å²) in [4.78, 5) is 12.1. The highest BCUT2D eigenvalue weighted by atomic mass is 19.2. The molecule has 24 heavy (non-hydrogen) atoms. The molecule has 0 bridgehead atoms. The van der Waals surface area contributed by atoms with Crippen molar-refractivity contribution in [1.29, 1.82) is 0 Å². The molecule has 1 nitrogen and oxygen atoms in total. The lowest BCUT2D eigenvalue weighted by atomic mass is 9.83. The van der Waals surface area contributed by atoms with Crippen LogP contribution in [0, 0.1) is 23.3 Å². The van der Waals surface area contributed by atoms with Crippen LogP contribution in [0.5, 0.6) is 0 Å². The summed E-state index contributed by atoms with van der Waals surface area (Å²) in [6.07, 6.45) is 2.20. The maximum Gasteiger partial charge on any atom is 0.170 e. The quantitative estimate of drug-likeness (QED) is 0.541. The molecule has 0 radical (unpaired) electrons. The third-order valence-electron chi connectivity index (χ3n) is 4.44. The van der Waals surface area contributed by atoms with Crippen molar-refractivity contribution in [1.82, 2.24) is 0 Å². The molecule has 2 aromatic carbocycles. The van der Waals surface area contributed by atoms with Crippen LogP contribution in [0.2, 0.25) is 0 Å². The van der Waals surface area contributed by atoms with Crippen molar-refractivity contribution in [2.75, 3.05) is 0 Å². The van der Waals surface area contributed by atoms with Crippen LogP contribution in [0.25, 0.3) is 11.1 Å². The van der Waals surface area contributed by atoms with E-state index >= 15 is 0 Å². The monoisotopic (exact) mass is 336 g/mol. The number of Topliss-reactive ketones (excluding diaryl/α,β-unsaturated/α-hetero) is 1. The highest BCUT2D eigenvalue weighted by molar-refractivity contribution is 5.97. The number of fused-ring (bicyclic) bond motifs is 3. The average Bonchev–Trinajstić information content (AvgIpc) is 2.58. The van der Waals surface area contributed by atoms with E-state index in [4.69, 9.17) is 0 Å². The lowest BCUT2D eigenvalue weighted by Crippen LogP contribution is -2.14. The number of benzene rings is 2. The molecule has 0 saturated carbocycles. The molecule has 0 heterocycles. The summed E-state index contributed by atoms with van der Waals surface area (Å²) < 4.78 is 56.7. The van der Waals surface area contributed by atoms with Crippen molar-refractivity contribution < 1.29 is 22.4 Å². The van der Waals surface area contributed by atoms with Gasteiger partial charge in [-0.05, 0) is 42.5 Å². The summed E-state index contributed by atoms with van der Waals surface area (Å²) in [6, 6.07) is 3.66. The van der Waals surface area contributed by atoms with Gasteiger partial charge in [-0.2, -0.15) is 0 Å². The van der Waals surface area contributed by atoms with Crippen molar-refractivity contribution >= 4 is 5.78 Å². The third-order valence-corrected chi connectivity index (χ3v) is 4.44. The summed E-state index contributed by atoms with van der Waals surface area (Å²) in [5.74, 6) is -5.33. The Morgan fingerprint density at radius 1 is 0.958 bits per heavy atom. The van der Waals surface area contributed by atoms with Crippen LogP contribution in [0.4, 0.5) is 17.6 Å². The fraction of sp³-hybridized carbons (Fsp3) is 0.316. The van der Waals surface area contributed by atoms with Gasteiger partial charge in [-0.15, -0.1) is 0 Å². The van der Waals surface area contributed by atoms with Gasteiger partial charge in [0.25, 0.3) is 0 Å². The Bertz CT molecular complexity index is 827. The molecule has 0 atom stereocenters. The van der Waals surface area contributed by atoms with Crippen LogP contribution in [-0.4, -0.2) is 5.78 Å². The Morgan fingerprint density at radius 3 is 2.33 bits per heavy atom. The average molecular weight is 336 g/mol. The van der Waals surface area contributed by atoms with Gasteiger partial charge < -0.3 is 0 Å². The molecule has 126 valence electrons. The zero-order valence-electron chi connectivity index (χ0n) is 13.2. The standard InChI is InChI=1S/C19H16F4O/c1-2-3-4-14(24)12-9-11-6-5-10-7-8-13(20)18(22)15(10)16(11)19(23)17(12)21/h7-9H,2-6H2,1H3. The molecular weight excluding hydrogens is 320 g/mol. The van der Waals surface area contributed by atoms with Crippen LogP contribution < -0.4 is 0 Å². The van der Waals surface area contributed by atoms with Crippen molar-refractivity contribution in [3.8, 4) is 11.1 Å². The van der Waals surface area contributed by atoms with E-state index < -0.39 is 29.1 Å². The molecule has 0 saturated heterocycles. The topological polar surface area (TPSA) is 17.1 Å². The molecule has 5 heteroatoms. The van der Waals surface area contributed by atoms with Gasteiger partial charge in [-0.3, -0.25) is 4.79 Å². The van der Waals surface area contributed by atoms with Crippen LogP contribution in [0.15, 0.2) is 18.2 Å². The van der Waals surface area contributed by atoms with E-state index in [0.717, 1.165) is 12.5 Å². The first-order valence-corrected chi connectivity index (χ1v) is 7.97. The zero-order chi connectivity index (χ0) is 17.4. The molecular formula is C19H16F4O. The van der Waals surface area contributed by atoms with Gasteiger partial charge in [-0.1, -0.05) is 19.4 Å². The maximum absolute atomic E-state index is 14.6. The van der Waals surface area contributed by atoms with Gasteiger partial charge in [0, 0.05) is 17.5 Å². The first kappa shape index (κ1) is 16.7. The summed E-state index contributed by atoms with van der Waals surface area (Å²) in [5.41, 5.74) is -0.0338. The largest absolute Gasteiger partial charge is 0.294 e. The van der Waals surface area contributed by atoms with E-state index in [1.165, 1.54) is 12.1 Å². The number of carbonyl (C=O) groups is 1. The first-order valence-electron chi connectivity index (χ1n) is 7.97. The van der Waals surface area contributed by atoms with Gasteiger partial charge in [0.05, 0.1) is 5.56 Å². The van der Waals surface area contributed by atoms with Crippen LogP contribution in [0.3, 0.4) is 0 Å². The second-order valence-electron chi connectivity index (χ2n) is 6.01. The smallest absolute Gasteiger partial charge is 0.170 e. The fourth-order valence-electron chi connectivity index (χ4n) is 3.16. The molecule has 0 N–H and O–H groups in total. The molecule has 1 aliphatic rings. The summed E-state index contributed by atoms with van der Waals surface area (Å²) in [7, 11) is 0. The number of rotatable bonds is 4. The minimum absolute atomic E-state index is 0.130. The molecule has 0 spiro atoms. The zero-order valence-corrected chi connectivity index (χ0v) is 13.2. The molecule has 2 aromatic rings. The van der Waals surface area contributed by atoms with Gasteiger partial charge >= 0.3 is 0 Å². The minimum atomic E-state index is -1.29. The number of hydrogen-bond acceptors (Lipinski definition) is 1. The second-order valence-corrected chi connectivity index (χ2v) is 6.01. The van der Waals surface area contributed by atoms with E-state index in [0.29, 0.717) is 30.4 Å². The predicted molar refractivity (Wildman–Crippen MR) is 83.0 cm³/mol. The predicted octanol–water partition coefficient (Wildman–Crippen LogP) is 5.38. The molecule has 3 rings (SSSR count). The Hall–Kier alpha value is -2.17. The van der Waals surface area contributed by atoms with E-state index in [9.17, 15) is 22.4 Å². The number of ketones is 1. The Kier molecular flexibility index (Phi) is 4.43. The normalized spacial score (nSPS) is 12.7. The molecule has 0 aromatic heterocycles. The molecule has 0 fully saturated rings. The number of hydrogen-bond donors (Lipinski definition) is 0. The summed E-state index contributed by atoms with van der Waals surface area (Å²) in [5, 5.41) is 0. The minimum Gasteiger partial charge on any atom is -0.294 e. The van der Waals surface area contributed by atoms with E-state index in [-0.39, 0.29) is 23.1 Å². The lowest BCUT2D eigenvalue weighted by molar-refractivity contribution is 0.0974. The number of unbranched alkanes of at least 4 members (excludes halogenated alkanes) is 1. The highest BCUT2D eigenvalue weighted by Crippen LogP contribution is 2.40. The van der Waals surface area contributed by atoms with Crippen LogP contribution in [-0.2, 0) is 12.8 Å². The van der Waals surface area contributed by atoms with Gasteiger partial charge in [0.2, 0.25) is 0 Å². The lowest BCUT2D eigenvalue weighted by Gasteiger charge is -2.22. The second kappa shape index (κ2) is 6.38. The first-order chi connectivity index (χ1) is 11.5. The SMILES string of the molecule is CCCCC(=O)c1cc2c(c(F)c1F)-c1c(ccc(F)c1F)CC2. The molecule has 0 unspecified atom stereocenters. The van der Waals surface area contributed by atoms with Crippen molar-refractivity contribution in [3.05, 3.63) is 58.2 Å².